The van der Waals surface area contributed by atoms with E-state index in [1.54, 1.807) is 0 Å². The average Bonchev–Trinajstić information content (AvgIpc) is 2.82. The minimum Gasteiger partial charge on any atom is -1.00 e. The first-order valence-electron chi connectivity index (χ1n) is 11.8. The number of aliphatic carboxylic acids is 2. The summed E-state index contributed by atoms with van der Waals surface area (Å²) in [7, 11) is 0. The van der Waals surface area contributed by atoms with Gasteiger partial charge in [0.1, 0.15) is 0 Å². The van der Waals surface area contributed by atoms with Gasteiger partial charge in [-0.05, 0) is 50.0 Å². The van der Waals surface area contributed by atoms with Crippen LogP contribution < -0.4 is 50.4 Å². The van der Waals surface area contributed by atoms with Gasteiger partial charge in [-0.1, -0.05) is 12.8 Å². The number of aliphatic hydroxyl groups excluding tert-OH is 2. The summed E-state index contributed by atoms with van der Waals surface area (Å²) < 4.78 is 0. The van der Waals surface area contributed by atoms with Crippen LogP contribution in [0.1, 0.15) is 65.6 Å². The van der Waals surface area contributed by atoms with E-state index in [2.05, 4.69) is 61.1 Å². The second-order valence-corrected chi connectivity index (χ2v) is 10.4. The Labute approximate surface area is 284 Å². The van der Waals surface area contributed by atoms with Crippen molar-refractivity contribution in [2.24, 2.45) is 0 Å². The molecule has 4 N–H and O–H groups in total. The van der Waals surface area contributed by atoms with E-state index in [1.165, 1.54) is 0 Å². The van der Waals surface area contributed by atoms with Gasteiger partial charge < -0.3 is 42.1 Å². The number of amides is 2. The standard InChI is InChI=1S/2C11H21NO4S2.Na.Zn.H/c2*13-7-9(11(15)16)12-10(14)4-2-1-3-8(18)5-6-17;;;/h2*8-9,13,17-18H,1-7H2,(H,12,14)(H,15,16);;;/q;;+1;+2;-1/p-2/t2*8?,9-;;;/m00.../s1. The first-order valence-corrected chi connectivity index (χ1v) is 14.1. The Balaban J connectivity index is -0.000000183. The fourth-order valence-corrected chi connectivity index (χ4v) is 4.46. The number of unbranched alkanes of at least 4 members (excludes halogenated alkanes) is 2. The summed E-state index contributed by atoms with van der Waals surface area (Å²) in [5.41, 5.74) is 0. The number of rotatable bonds is 20. The van der Waals surface area contributed by atoms with Crippen LogP contribution in [-0.4, -0.2) is 81.3 Å². The molecule has 38 heavy (non-hydrogen) atoms. The fraction of sp³-hybridized carbons (Fsp3) is 0.818. The first kappa shape index (κ1) is 45.8. The number of aliphatic hydroxyl groups is 2. The molecule has 0 aromatic heterocycles. The maximum absolute atomic E-state index is 11.3. The number of carboxylic acid groups (broad SMARTS) is 2. The molecule has 0 aliphatic heterocycles. The Morgan fingerprint density at radius 2 is 1.00 bits per heavy atom. The number of carbonyl (C=O) groups excluding carboxylic acids is 4. The summed E-state index contributed by atoms with van der Waals surface area (Å²) in [6.07, 6.45) is 7.18. The summed E-state index contributed by atoms with van der Waals surface area (Å²) in [5, 5.41) is 43.3. The van der Waals surface area contributed by atoms with Crippen LogP contribution in [0.3, 0.4) is 0 Å². The molecule has 0 fully saturated rings. The molecule has 0 bridgehead atoms. The first-order chi connectivity index (χ1) is 17.0. The van der Waals surface area contributed by atoms with Gasteiger partial charge in [-0.3, -0.25) is 9.59 Å². The molecular formula is C22H41N2NaO8S4Zn. The number of hydrogen-bond acceptors (Lipinski definition) is 12. The Morgan fingerprint density at radius 3 is 1.24 bits per heavy atom. The van der Waals surface area contributed by atoms with Gasteiger partial charge in [0.2, 0.25) is 11.8 Å². The van der Waals surface area contributed by atoms with Crippen molar-refractivity contribution >= 4 is 74.3 Å². The Bertz CT molecular complexity index is 599. The Kier molecular flexibility index (Phi) is 37.1. The maximum atomic E-state index is 11.3. The van der Waals surface area contributed by atoms with Gasteiger partial charge in [-0.25, -0.2) is 0 Å². The van der Waals surface area contributed by atoms with Crippen LogP contribution in [0.4, 0.5) is 0 Å². The van der Waals surface area contributed by atoms with Gasteiger partial charge in [0.05, 0.1) is 37.2 Å². The van der Waals surface area contributed by atoms with Crippen LogP contribution in [0.25, 0.3) is 0 Å². The average molecular weight is 678 g/mol. The molecule has 2 amide bonds. The van der Waals surface area contributed by atoms with Crippen LogP contribution in [0, 0.1) is 0 Å². The van der Waals surface area contributed by atoms with Gasteiger partial charge in [-0.2, -0.15) is 50.5 Å². The van der Waals surface area contributed by atoms with Crippen molar-refractivity contribution in [3.8, 4) is 0 Å². The molecule has 4 atom stereocenters. The summed E-state index contributed by atoms with van der Waals surface area (Å²) in [6, 6.07) is -2.64. The Hall–Kier alpha value is 0.823. The van der Waals surface area contributed by atoms with Gasteiger partial charge in [-0.15, -0.1) is 0 Å². The van der Waals surface area contributed by atoms with Crippen molar-refractivity contribution in [2.45, 2.75) is 86.8 Å². The van der Waals surface area contributed by atoms with E-state index >= 15 is 0 Å². The van der Waals surface area contributed by atoms with Crippen molar-refractivity contribution in [2.75, 3.05) is 24.7 Å². The van der Waals surface area contributed by atoms with Gasteiger partial charge in [0.15, 0.2) is 0 Å². The second-order valence-electron chi connectivity index (χ2n) is 8.07. The minimum absolute atomic E-state index is 0. The molecule has 0 aromatic rings. The SMILES string of the molecule is O=C(CCCCC(S)CCS)N[C@@H](CO)C(=O)[O-].O=C(CCCCC(S)CCS)N[C@@H](CO)C(=O)[O-].[H-].[Na+].[Zn+2]. The molecule has 10 nitrogen and oxygen atoms in total. The van der Waals surface area contributed by atoms with Crippen LogP contribution in [0.2, 0.25) is 0 Å². The number of hydrogen-bond donors (Lipinski definition) is 8. The maximum Gasteiger partial charge on any atom is 2.00 e. The van der Waals surface area contributed by atoms with Crippen LogP contribution in [0.15, 0.2) is 0 Å². The summed E-state index contributed by atoms with van der Waals surface area (Å²) >= 11 is 16.9. The largest absolute Gasteiger partial charge is 2.00 e. The molecule has 0 rings (SSSR count). The quantitative estimate of drug-likeness (QED) is 0.0364. The number of carbonyl (C=O) groups is 4. The van der Waals surface area contributed by atoms with E-state index in [1.807, 2.05) is 0 Å². The van der Waals surface area contributed by atoms with Crippen molar-refractivity contribution in [3.05, 3.63) is 0 Å². The fourth-order valence-electron chi connectivity index (χ4n) is 2.81. The van der Waals surface area contributed by atoms with E-state index in [9.17, 15) is 29.4 Å². The Morgan fingerprint density at radius 1 is 0.684 bits per heavy atom. The number of thiol groups is 4. The molecule has 214 valence electrons. The van der Waals surface area contributed by atoms with Crippen LogP contribution in [0.5, 0.6) is 0 Å². The van der Waals surface area contributed by atoms with Crippen molar-refractivity contribution in [1.82, 2.24) is 10.6 Å². The van der Waals surface area contributed by atoms with Gasteiger partial charge >= 0.3 is 49.0 Å². The van der Waals surface area contributed by atoms with E-state index < -0.39 is 37.2 Å². The topological polar surface area (TPSA) is 179 Å². The van der Waals surface area contributed by atoms with Crippen molar-refractivity contribution < 1.29 is 90.1 Å². The van der Waals surface area contributed by atoms with Crippen molar-refractivity contribution in [3.63, 3.8) is 0 Å². The zero-order valence-electron chi connectivity index (χ0n) is 23.0. The zero-order chi connectivity index (χ0) is 27.9. The third-order valence-electron chi connectivity index (χ3n) is 4.91. The second kappa shape index (κ2) is 30.8. The van der Waals surface area contributed by atoms with Gasteiger partial charge in [0.25, 0.3) is 0 Å². The molecule has 16 heteroatoms. The van der Waals surface area contributed by atoms with E-state index in [0.29, 0.717) is 23.3 Å². The monoisotopic (exact) mass is 676 g/mol. The summed E-state index contributed by atoms with van der Waals surface area (Å²) in [4.78, 5) is 43.6. The van der Waals surface area contributed by atoms with Gasteiger partial charge in [0, 0.05) is 23.3 Å². The van der Waals surface area contributed by atoms with E-state index in [0.717, 1.165) is 50.0 Å². The molecule has 0 spiro atoms. The summed E-state index contributed by atoms with van der Waals surface area (Å²) in [5.74, 6) is -2.15. The molecule has 0 aliphatic carbocycles. The third-order valence-corrected chi connectivity index (χ3v) is 6.46. The number of carboxylic acids is 2. The molecule has 0 saturated heterocycles. The zero-order valence-corrected chi connectivity index (χ0v) is 30.6. The normalized spacial score (nSPS) is 13.2. The molecule has 0 heterocycles. The molecule has 0 saturated carbocycles. The van der Waals surface area contributed by atoms with Crippen LogP contribution in [-0.2, 0) is 38.7 Å². The van der Waals surface area contributed by atoms with E-state index in [4.69, 9.17) is 10.2 Å². The van der Waals surface area contributed by atoms with E-state index in [-0.39, 0.29) is 75.1 Å². The molecule has 0 aliphatic rings. The minimum atomic E-state index is -1.48. The van der Waals surface area contributed by atoms with Crippen LogP contribution >= 0.6 is 50.5 Å². The third kappa shape index (κ3) is 28.4. The smallest absolute Gasteiger partial charge is 1.00 e. The predicted octanol–water partition coefficient (Wildman–Crippen LogP) is -4.10. The molecule has 0 radical (unpaired) electrons. The molecule has 2 unspecified atom stereocenters. The number of nitrogens with one attached hydrogen (secondary N) is 2. The molecular weight excluding hydrogens is 637 g/mol. The van der Waals surface area contributed by atoms with Crippen molar-refractivity contribution in [1.29, 1.82) is 0 Å². The summed E-state index contributed by atoms with van der Waals surface area (Å²) in [6.45, 7) is -1.32. The predicted molar refractivity (Wildman–Crippen MR) is 149 cm³/mol. The molecule has 0 aromatic carbocycles.